The van der Waals surface area contributed by atoms with Crippen LogP contribution in [0.4, 0.5) is 5.69 Å². The van der Waals surface area contributed by atoms with Gasteiger partial charge in [-0.25, -0.2) is 9.98 Å². The summed E-state index contributed by atoms with van der Waals surface area (Å²) in [6.45, 7) is 7.12. The zero-order valence-electron chi connectivity index (χ0n) is 14.5. The van der Waals surface area contributed by atoms with Gasteiger partial charge in [-0.2, -0.15) is 5.26 Å². The van der Waals surface area contributed by atoms with Gasteiger partial charge in [-0.1, -0.05) is 26.8 Å². The number of nitrogens with zero attached hydrogens (tertiary/aromatic N) is 5. The van der Waals surface area contributed by atoms with Crippen LogP contribution in [-0.2, 0) is 5.41 Å². The summed E-state index contributed by atoms with van der Waals surface area (Å²) in [5, 5.41) is 9.45. The molecule has 0 bridgehead atoms. The summed E-state index contributed by atoms with van der Waals surface area (Å²) in [6, 6.07) is 4.17. The summed E-state index contributed by atoms with van der Waals surface area (Å²) in [5.41, 5.74) is 4.00. The Balaban J connectivity index is 2.62. The third kappa shape index (κ3) is 4.04. The van der Waals surface area contributed by atoms with Crippen molar-refractivity contribution in [3.63, 3.8) is 0 Å². The maximum Gasteiger partial charge on any atom is 0.166 e. The lowest BCUT2D eigenvalue weighted by molar-refractivity contribution is 0.585. The molecule has 0 fully saturated rings. The van der Waals surface area contributed by atoms with Gasteiger partial charge in [0.25, 0.3) is 0 Å². The molecule has 1 aromatic heterocycles. The molecule has 1 aliphatic rings. The molecule has 0 atom stereocenters. The lowest BCUT2D eigenvalue weighted by Gasteiger charge is -2.24. The van der Waals surface area contributed by atoms with Crippen LogP contribution in [-0.4, -0.2) is 43.1 Å². The maximum absolute atomic E-state index is 9.45. The molecule has 5 heteroatoms. The number of allylic oxidation sites excluding steroid dienone is 1. The molecule has 0 N–H and O–H groups in total. The molecule has 0 aliphatic carbocycles. The zero-order valence-corrected chi connectivity index (χ0v) is 14.5. The Kier molecular flexibility index (Phi) is 4.95. The van der Waals surface area contributed by atoms with E-state index in [2.05, 4.69) is 47.9 Å². The Labute approximate surface area is 138 Å². The van der Waals surface area contributed by atoms with Crippen LogP contribution in [0, 0.1) is 11.3 Å². The Morgan fingerprint density at radius 3 is 2.61 bits per heavy atom. The van der Waals surface area contributed by atoms with Crippen molar-refractivity contribution in [1.29, 1.82) is 5.26 Å². The first-order valence-electron chi connectivity index (χ1n) is 7.67. The number of aromatic nitrogens is 1. The number of rotatable bonds is 3. The summed E-state index contributed by atoms with van der Waals surface area (Å²) in [5.74, 6) is 0. The van der Waals surface area contributed by atoms with Gasteiger partial charge in [-0.15, -0.1) is 0 Å². The highest BCUT2D eigenvalue weighted by atomic mass is 15.1. The van der Waals surface area contributed by atoms with E-state index in [0.29, 0.717) is 17.9 Å². The first kappa shape index (κ1) is 16.9. The van der Waals surface area contributed by atoms with Crippen LogP contribution in [0.3, 0.4) is 0 Å². The highest BCUT2D eigenvalue weighted by molar-refractivity contribution is 5.82. The number of hydrogen-bond donors (Lipinski definition) is 0. The first-order valence-corrected chi connectivity index (χ1v) is 7.67. The molecule has 0 saturated carbocycles. The minimum Gasteiger partial charge on any atom is -0.369 e. The predicted molar refractivity (Wildman–Crippen MR) is 95.4 cm³/mol. The highest BCUT2D eigenvalue weighted by Crippen LogP contribution is 2.34. The van der Waals surface area contributed by atoms with Crippen LogP contribution in [0.1, 0.15) is 44.1 Å². The number of hydrogen-bond acceptors (Lipinski definition) is 4. The molecule has 1 aliphatic heterocycles. The summed E-state index contributed by atoms with van der Waals surface area (Å²) in [6.07, 6.45) is 6.44. The molecule has 2 rings (SSSR count). The van der Waals surface area contributed by atoms with E-state index in [1.165, 1.54) is 0 Å². The van der Waals surface area contributed by atoms with Crippen LogP contribution in [0.5, 0.6) is 0 Å². The van der Waals surface area contributed by atoms with Crippen molar-refractivity contribution >= 4 is 23.8 Å². The normalized spacial score (nSPS) is 14.7. The fourth-order valence-corrected chi connectivity index (χ4v) is 2.35. The molecule has 1 aromatic rings. The molecule has 0 spiro atoms. The van der Waals surface area contributed by atoms with Crippen molar-refractivity contribution in [2.45, 2.75) is 32.6 Å². The van der Waals surface area contributed by atoms with Crippen LogP contribution in [0.2, 0.25) is 0 Å². The van der Waals surface area contributed by atoms with Gasteiger partial charge in [0.05, 0.1) is 18.6 Å². The van der Waals surface area contributed by atoms with Gasteiger partial charge in [0, 0.05) is 26.7 Å². The average Bonchev–Trinajstić information content (AvgIpc) is 2.52. The molecular formula is C18H23N5. The van der Waals surface area contributed by atoms with Gasteiger partial charge in [0.15, 0.2) is 5.69 Å². The summed E-state index contributed by atoms with van der Waals surface area (Å²) in [4.78, 5) is 15.1. The van der Waals surface area contributed by atoms with Gasteiger partial charge in [0.1, 0.15) is 11.8 Å². The number of nitriles is 1. The van der Waals surface area contributed by atoms with Crippen molar-refractivity contribution in [2.75, 3.05) is 20.6 Å². The Bertz CT molecular complexity index is 712. The van der Waals surface area contributed by atoms with Gasteiger partial charge in [-0.3, -0.25) is 4.99 Å². The summed E-state index contributed by atoms with van der Waals surface area (Å²) >= 11 is 0. The van der Waals surface area contributed by atoms with Crippen LogP contribution >= 0.6 is 0 Å². The van der Waals surface area contributed by atoms with Crippen LogP contribution < -0.4 is 0 Å². The largest absolute Gasteiger partial charge is 0.369 e. The number of aliphatic imine (C=N–C) groups is 2. The predicted octanol–water partition coefficient (Wildman–Crippen LogP) is 3.33. The molecule has 2 heterocycles. The second kappa shape index (κ2) is 6.74. The Hall–Kier alpha value is -2.48. The lowest BCUT2D eigenvalue weighted by Crippen LogP contribution is -2.17. The van der Waals surface area contributed by atoms with Crippen molar-refractivity contribution in [3.8, 4) is 6.07 Å². The summed E-state index contributed by atoms with van der Waals surface area (Å²) in [7, 11) is 3.79. The average molecular weight is 309 g/mol. The molecule has 0 amide bonds. The molecule has 0 aromatic carbocycles. The topological polar surface area (TPSA) is 64.6 Å². The van der Waals surface area contributed by atoms with Gasteiger partial charge < -0.3 is 4.90 Å². The Morgan fingerprint density at radius 2 is 2.09 bits per heavy atom. The molecular weight excluding hydrogens is 286 g/mol. The van der Waals surface area contributed by atoms with E-state index >= 15 is 0 Å². The first-order chi connectivity index (χ1) is 10.8. The van der Waals surface area contributed by atoms with Crippen molar-refractivity contribution in [3.05, 3.63) is 29.1 Å². The lowest BCUT2D eigenvalue weighted by atomic mass is 9.83. The monoisotopic (exact) mass is 309 g/mol. The minimum atomic E-state index is -0.0892. The van der Waals surface area contributed by atoms with Gasteiger partial charge in [0.2, 0.25) is 0 Å². The third-order valence-corrected chi connectivity index (χ3v) is 3.53. The van der Waals surface area contributed by atoms with Gasteiger partial charge in [-0.05, 0) is 22.6 Å². The molecule has 23 heavy (non-hydrogen) atoms. The van der Waals surface area contributed by atoms with Crippen molar-refractivity contribution in [2.24, 2.45) is 9.98 Å². The fourth-order valence-electron chi connectivity index (χ4n) is 2.35. The van der Waals surface area contributed by atoms with E-state index in [1.807, 2.05) is 31.3 Å². The maximum atomic E-state index is 9.45. The smallest absolute Gasteiger partial charge is 0.166 e. The van der Waals surface area contributed by atoms with Crippen molar-refractivity contribution in [1.82, 2.24) is 9.88 Å². The molecule has 120 valence electrons. The quantitative estimate of drug-likeness (QED) is 0.635. The molecule has 5 nitrogen and oxygen atoms in total. The second-order valence-electron chi connectivity index (χ2n) is 6.80. The SMILES string of the molecule is CN(C)C=Nc1cc(C(C)(C)C)c(C2=CCN=CC2)nc1C#N. The Morgan fingerprint density at radius 1 is 1.35 bits per heavy atom. The number of dihydropyridines is 1. The van der Waals surface area contributed by atoms with E-state index < -0.39 is 0 Å². The molecule has 0 unspecified atom stereocenters. The van der Waals surface area contributed by atoms with E-state index in [1.54, 1.807) is 6.34 Å². The molecule has 0 saturated heterocycles. The van der Waals surface area contributed by atoms with Crippen LogP contribution in [0.25, 0.3) is 5.57 Å². The van der Waals surface area contributed by atoms with E-state index in [9.17, 15) is 5.26 Å². The highest BCUT2D eigenvalue weighted by Gasteiger charge is 2.24. The van der Waals surface area contributed by atoms with E-state index in [-0.39, 0.29) is 5.41 Å². The summed E-state index contributed by atoms with van der Waals surface area (Å²) < 4.78 is 0. The minimum absolute atomic E-state index is 0.0892. The zero-order chi connectivity index (χ0) is 17.0. The third-order valence-electron chi connectivity index (χ3n) is 3.53. The van der Waals surface area contributed by atoms with E-state index in [0.717, 1.165) is 23.3 Å². The fraction of sp³-hybridized carbons (Fsp3) is 0.444. The standard InChI is InChI=1S/C18H23N5/c1-18(2,3)14-10-15(21-12-23(4)5)16(11-19)22-17(14)13-6-8-20-9-7-13/h6,9-10,12H,7-8H2,1-5H3. The van der Waals surface area contributed by atoms with Crippen molar-refractivity contribution < 1.29 is 0 Å². The molecule has 0 radical (unpaired) electrons. The van der Waals surface area contributed by atoms with Crippen LogP contribution in [0.15, 0.2) is 22.1 Å². The van der Waals surface area contributed by atoms with E-state index in [4.69, 9.17) is 0 Å². The second-order valence-corrected chi connectivity index (χ2v) is 6.80. The van der Waals surface area contributed by atoms with Gasteiger partial charge >= 0.3 is 0 Å². The number of pyridine rings is 1.